The maximum absolute atomic E-state index is 13.0. The van der Waals surface area contributed by atoms with Gasteiger partial charge in [-0.2, -0.15) is 0 Å². The van der Waals surface area contributed by atoms with E-state index in [9.17, 15) is 4.79 Å². The smallest absolute Gasteiger partial charge is 0.228 e. The lowest BCUT2D eigenvalue weighted by Gasteiger charge is -2.40. The summed E-state index contributed by atoms with van der Waals surface area (Å²) in [6.45, 7) is 16.9. The van der Waals surface area contributed by atoms with Gasteiger partial charge in [-0.25, -0.2) is 0 Å². The molecule has 1 aliphatic heterocycles. The minimum absolute atomic E-state index is 0.253. The number of rotatable bonds is 6. The molecule has 0 radical (unpaired) electrons. The Balaban J connectivity index is 2.79. The average molecular weight is 282 g/mol. The minimum atomic E-state index is -0.253. The van der Waals surface area contributed by atoms with Gasteiger partial charge in [-0.1, -0.05) is 41.5 Å². The van der Waals surface area contributed by atoms with Gasteiger partial charge in [0.15, 0.2) is 0 Å². The predicted octanol–water partition coefficient (Wildman–Crippen LogP) is 3.15. The van der Waals surface area contributed by atoms with E-state index >= 15 is 0 Å². The molecule has 0 aromatic carbocycles. The Labute approximate surface area is 125 Å². The van der Waals surface area contributed by atoms with Crippen LogP contribution < -0.4 is 5.32 Å². The molecule has 0 saturated carbocycles. The molecule has 1 unspecified atom stereocenters. The van der Waals surface area contributed by atoms with Crippen LogP contribution in [0.15, 0.2) is 0 Å². The number of piperidine rings is 1. The molecular formula is C17H34N2O. The fourth-order valence-corrected chi connectivity index (χ4v) is 3.17. The fourth-order valence-electron chi connectivity index (χ4n) is 3.17. The molecule has 3 nitrogen and oxygen atoms in total. The van der Waals surface area contributed by atoms with Crippen molar-refractivity contribution < 1.29 is 4.79 Å². The molecule has 0 bridgehead atoms. The predicted molar refractivity (Wildman–Crippen MR) is 85.6 cm³/mol. The monoisotopic (exact) mass is 282 g/mol. The molecule has 20 heavy (non-hydrogen) atoms. The van der Waals surface area contributed by atoms with E-state index in [1.165, 1.54) is 12.8 Å². The molecule has 0 aliphatic carbocycles. The van der Waals surface area contributed by atoms with Crippen LogP contribution in [0.5, 0.6) is 0 Å². The molecule has 1 heterocycles. The number of nitrogens with zero attached hydrogens (tertiary/aromatic N) is 1. The zero-order valence-electron chi connectivity index (χ0n) is 14.3. The van der Waals surface area contributed by atoms with Crippen molar-refractivity contribution in [3.8, 4) is 0 Å². The maximum atomic E-state index is 13.0. The quantitative estimate of drug-likeness (QED) is 0.811. The Kier molecular flexibility index (Phi) is 6.50. The third-order valence-electron chi connectivity index (χ3n) is 4.33. The third kappa shape index (κ3) is 4.76. The number of carbonyl (C=O) groups is 1. The summed E-state index contributed by atoms with van der Waals surface area (Å²) >= 11 is 0. The molecule has 0 aromatic rings. The first kappa shape index (κ1) is 17.5. The maximum Gasteiger partial charge on any atom is 0.228 e. The second-order valence-corrected chi connectivity index (χ2v) is 7.76. The van der Waals surface area contributed by atoms with Crippen LogP contribution in [0.1, 0.15) is 54.4 Å². The van der Waals surface area contributed by atoms with E-state index in [2.05, 4.69) is 51.8 Å². The van der Waals surface area contributed by atoms with Crippen molar-refractivity contribution in [2.24, 2.45) is 23.2 Å². The highest BCUT2D eigenvalue weighted by Crippen LogP contribution is 2.34. The van der Waals surface area contributed by atoms with Crippen LogP contribution in [0.2, 0.25) is 0 Å². The Morgan fingerprint density at radius 2 is 1.75 bits per heavy atom. The van der Waals surface area contributed by atoms with E-state index in [0.717, 1.165) is 26.2 Å². The number of amides is 1. The van der Waals surface area contributed by atoms with Gasteiger partial charge in [0, 0.05) is 18.5 Å². The lowest BCUT2D eigenvalue weighted by Crippen LogP contribution is -2.50. The highest BCUT2D eigenvalue weighted by molar-refractivity contribution is 5.82. The number of carbonyl (C=O) groups excluding carboxylic acids is 1. The van der Waals surface area contributed by atoms with Gasteiger partial charge in [-0.3, -0.25) is 4.79 Å². The summed E-state index contributed by atoms with van der Waals surface area (Å²) in [6, 6.07) is 0. The number of nitrogens with one attached hydrogen (secondary N) is 1. The molecule has 1 rings (SSSR count). The lowest BCUT2D eigenvalue weighted by atomic mass is 9.74. The Hall–Kier alpha value is -0.570. The summed E-state index contributed by atoms with van der Waals surface area (Å²) in [5, 5.41) is 3.45. The summed E-state index contributed by atoms with van der Waals surface area (Å²) in [7, 11) is 0. The first-order valence-corrected chi connectivity index (χ1v) is 8.25. The van der Waals surface area contributed by atoms with E-state index in [-0.39, 0.29) is 5.41 Å². The van der Waals surface area contributed by atoms with Crippen molar-refractivity contribution in [1.29, 1.82) is 0 Å². The molecule has 3 heteroatoms. The molecule has 1 fully saturated rings. The Morgan fingerprint density at radius 3 is 2.15 bits per heavy atom. The van der Waals surface area contributed by atoms with Crippen molar-refractivity contribution in [2.75, 3.05) is 26.2 Å². The van der Waals surface area contributed by atoms with Crippen molar-refractivity contribution in [3.63, 3.8) is 0 Å². The summed E-state index contributed by atoms with van der Waals surface area (Å²) in [5.41, 5.74) is -0.253. The fraction of sp³-hybridized carbons (Fsp3) is 0.941. The Morgan fingerprint density at radius 1 is 1.20 bits per heavy atom. The third-order valence-corrected chi connectivity index (χ3v) is 4.33. The van der Waals surface area contributed by atoms with Gasteiger partial charge in [0.25, 0.3) is 0 Å². The zero-order chi connectivity index (χ0) is 15.3. The van der Waals surface area contributed by atoms with Gasteiger partial charge < -0.3 is 10.2 Å². The van der Waals surface area contributed by atoms with Crippen molar-refractivity contribution in [3.05, 3.63) is 0 Å². The minimum Gasteiger partial charge on any atom is -0.342 e. The molecule has 1 N–H and O–H groups in total. The summed E-state index contributed by atoms with van der Waals surface area (Å²) in [6.07, 6.45) is 2.36. The first-order chi connectivity index (χ1) is 9.25. The summed E-state index contributed by atoms with van der Waals surface area (Å²) in [4.78, 5) is 15.1. The van der Waals surface area contributed by atoms with E-state index in [0.29, 0.717) is 23.7 Å². The van der Waals surface area contributed by atoms with Crippen molar-refractivity contribution in [1.82, 2.24) is 10.2 Å². The Bertz CT molecular complexity index is 294. The van der Waals surface area contributed by atoms with Crippen molar-refractivity contribution >= 4 is 5.91 Å². The first-order valence-electron chi connectivity index (χ1n) is 8.25. The molecule has 0 aromatic heterocycles. The van der Waals surface area contributed by atoms with Gasteiger partial charge in [0.1, 0.15) is 0 Å². The summed E-state index contributed by atoms with van der Waals surface area (Å²) < 4.78 is 0. The van der Waals surface area contributed by atoms with Gasteiger partial charge in [0.05, 0.1) is 0 Å². The second kappa shape index (κ2) is 7.44. The van der Waals surface area contributed by atoms with Gasteiger partial charge >= 0.3 is 0 Å². The van der Waals surface area contributed by atoms with E-state index in [1.54, 1.807) is 0 Å². The summed E-state index contributed by atoms with van der Waals surface area (Å²) in [5.74, 6) is 1.86. The van der Waals surface area contributed by atoms with Crippen LogP contribution in [0.3, 0.4) is 0 Å². The van der Waals surface area contributed by atoms with E-state index in [4.69, 9.17) is 0 Å². The molecule has 1 amide bonds. The normalized spacial score (nSPS) is 20.5. The standard InChI is InChI=1S/C17H34N2O/c1-13(2)11-19(12-14(3)4)16(20)17(5,6)15-8-7-9-18-10-15/h13-15,18H,7-12H2,1-6H3. The topological polar surface area (TPSA) is 32.3 Å². The van der Waals surface area contributed by atoms with Crippen LogP contribution >= 0.6 is 0 Å². The molecule has 1 saturated heterocycles. The molecule has 118 valence electrons. The van der Waals surface area contributed by atoms with Crippen LogP contribution in [0.25, 0.3) is 0 Å². The molecular weight excluding hydrogens is 248 g/mol. The number of hydrogen-bond donors (Lipinski definition) is 1. The van der Waals surface area contributed by atoms with Gasteiger partial charge in [0.2, 0.25) is 5.91 Å². The molecule has 0 spiro atoms. The average Bonchev–Trinajstić information content (AvgIpc) is 2.37. The largest absolute Gasteiger partial charge is 0.342 e. The second-order valence-electron chi connectivity index (χ2n) is 7.76. The van der Waals surface area contributed by atoms with Gasteiger partial charge in [-0.05, 0) is 43.7 Å². The highest BCUT2D eigenvalue weighted by Gasteiger charge is 2.39. The van der Waals surface area contributed by atoms with Crippen LogP contribution in [0, 0.1) is 23.2 Å². The van der Waals surface area contributed by atoms with Gasteiger partial charge in [-0.15, -0.1) is 0 Å². The SMILES string of the molecule is CC(C)CN(CC(C)C)C(=O)C(C)(C)C1CCCNC1. The highest BCUT2D eigenvalue weighted by atomic mass is 16.2. The molecule has 1 aliphatic rings. The van der Waals surface area contributed by atoms with Crippen LogP contribution in [-0.2, 0) is 4.79 Å². The van der Waals surface area contributed by atoms with E-state index < -0.39 is 0 Å². The van der Waals surface area contributed by atoms with Crippen LogP contribution in [0.4, 0.5) is 0 Å². The zero-order valence-corrected chi connectivity index (χ0v) is 14.3. The lowest BCUT2D eigenvalue weighted by molar-refractivity contribution is -0.145. The van der Waals surface area contributed by atoms with Crippen LogP contribution in [-0.4, -0.2) is 37.0 Å². The molecule has 1 atom stereocenters. The van der Waals surface area contributed by atoms with Crippen molar-refractivity contribution in [2.45, 2.75) is 54.4 Å². The van der Waals surface area contributed by atoms with E-state index in [1.807, 2.05) is 0 Å². The number of hydrogen-bond acceptors (Lipinski definition) is 2.